The smallest absolute Gasteiger partial charge is 0.243 e. The number of benzene rings is 1. The SMILES string of the molecule is CC(C)C[C@H](NC(=O)[C@H](Cc1cnc[nH]1)NC(=O)[C@H](CC(C)C)NC(=O)[C@H](CCCN)NC(=O)[C@H](CC(C)C)NC(=O)[C@H](CCCN)NC(=O)[C@H](Cc1c[nH]c2ccccc12)NC(=O)[C@@H]1CCCN1)C(N)=O. The van der Waals surface area contributed by atoms with E-state index in [1.165, 1.54) is 12.5 Å². The number of carbonyl (C=O) groups is 8. The Balaban J connectivity index is 1.53. The lowest BCUT2D eigenvalue weighted by Gasteiger charge is -2.29. The number of H-pyrrole nitrogens is 2. The number of nitrogens with two attached hydrogens (primary N) is 3. The molecule has 8 atom stereocenters. The number of nitrogens with one attached hydrogen (secondary N) is 10. The molecule has 16 N–H and O–H groups in total. The van der Waals surface area contributed by atoms with Crippen molar-refractivity contribution < 1.29 is 38.4 Å². The Hall–Kier alpha value is -6.39. The van der Waals surface area contributed by atoms with E-state index in [1.54, 1.807) is 6.20 Å². The van der Waals surface area contributed by atoms with Crippen molar-refractivity contribution in [3.8, 4) is 0 Å². The van der Waals surface area contributed by atoms with Crippen molar-refractivity contribution in [2.24, 2.45) is 35.0 Å². The first-order valence-electron chi connectivity index (χ1n) is 25.4. The molecule has 8 amide bonds. The second-order valence-electron chi connectivity index (χ2n) is 20.1. The number of rotatable bonds is 31. The number of carbonyl (C=O) groups excluding carboxylic acids is 8. The zero-order valence-corrected chi connectivity index (χ0v) is 42.7. The number of hydrogen-bond acceptors (Lipinski definition) is 12. The molecule has 4 rings (SSSR count). The maximum Gasteiger partial charge on any atom is 0.243 e. The van der Waals surface area contributed by atoms with E-state index in [0.717, 1.165) is 22.9 Å². The van der Waals surface area contributed by atoms with Crippen LogP contribution in [0.4, 0.5) is 0 Å². The van der Waals surface area contributed by atoms with Crippen LogP contribution in [0.25, 0.3) is 10.9 Å². The number of hydrogen-bond donors (Lipinski definition) is 13. The summed E-state index contributed by atoms with van der Waals surface area (Å²) in [5.74, 6) is -5.27. The van der Waals surface area contributed by atoms with Crippen LogP contribution in [0, 0.1) is 17.8 Å². The van der Waals surface area contributed by atoms with Gasteiger partial charge in [-0.2, -0.15) is 0 Å². The molecule has 0 radical (unpaired) electrons. The average molecular weight is 1010 g/mol. The molecule has 1 aliphatic heterocycles. The number of imidazole rings is 1. The molecule has 0 spiro atoms. The van der Waals surface area contributed by atoms with Crippen LogP contribution in [-0.2, 0) is 51.2 Å². The Bertz CT molecular complexity index is 2240. The van der Waals surface area contributed by atoms with E-state index in [0.29, 0.717) is 31.5 Å². The van der Waals surface area contributed by atoms with Gasteiger partial charge in [0, 0.05) is 41.8 Å². The number of amides is 8. The summed E-state index contributed by atoms with van der Waals surface area (Å²) in [7, 11) is 0. The van der Waals surface area contributed by atoms with E-state index >= 15 is 0 Å². The van der Waals surface area contributed by atoms with E-state index in [2.05, 4.69) is 57.5 Å². The fourth-order valence-electron chi connectivity index (χ4n) is 8.67. The molecule has 72 heavy (non-hydrogen) atoms. The molecule has 0 saturated carbocycles. The molecule has 22 nitrogen and oxygen atoms in total. The zero-order chi connectivity index (χ0) is 52.9. The number of aromatic amines is 2. The Kier molecular flexibility index (Phi) is 23.6. The van der Waals surface area contributed by atoms with Crippen molar-refractivity contribution in [2.75, 3.05) is 19.6 Å². The highest BCUT2D eigenvalue weighted by atomic mass is 16.2. The summed E-state index contributed by atoms with van der Waals surface area (Å²) < 4.78 is 0. The largest absolute Gasteiger partial charge is 0.368 e. The van der Waals surface area contributed by atoms with Crippen molar-refractivity contribution in [1.29, 1.82) is 0 Å². The van der Waals surface area contributed by atoms with Crippen LogP contribution >= 0.6 is 0 Å². The summed E-state index contributed by atoms with van der Waals surface area (Å²) in [5, 5.41) is 23.6. The van der Waals surface area contributed by atoms with Gasteiger partial charge in [-0.05, 0) is 107 Å². The first-order chi connectivity index (χ1) is 34.3. The number of para-hydroxylation sites is 1. The van der Waals surface area contributed by atoms with Gasteiger partial charge in [-0.25, -0.2) is 4.98 Å². The minimum Gasteiger partial charge on any atom is -0.368 e. The lowest BCUT2D eigenvalue weighted by molar-refractivity contribution is -0.136. The van der Waals surface area contributed by atoms with Gasteiger partial charge in [0.05, 0.1) is 12.4 Å². The lowest BCUT2D eigenvalue weighted by Crippen LogP contribution is -2.60. The molecule has 0 bridgehead atoms. The van der Waals surface area contributed by atoms with E-state index in [4.69, 9.17) is 17.2 Å². The van der Waals surface area contributed by atoms with E-state index in [1.807, 2.05) is 65.8 Å². The van der Waals surface area contributed by atoms with E-state index < -0.39 is 89.7 Å². The Labute approximate surface area is 422 Å². The van der Waals surface area contributed by atoms with E-state index in [-0.39, 0.29) is 81.7 Å². The number of nitrogens with zero attached hydrogens (tertiary/aromatic N) is 1. The van der Waals surface area contributed by atoms with E-state index in [9.17, 15) is 38.4 Å². The fraction of sp³-hybridized carbons (Fsp3) is 0.620. The van der Waals surface area contributed by atoms with Crippen LogP contribution < -0.4 is 59.7 Å². The van der Waals surface area contributed by atoms with Crippen LogP contribution in [-0.4, -0.2) is 130 Å². The predicted octanol–water partition coefficient (Wildman–Crippen LogP) is -0.0768. The molecule has 3 aromatic rings. The average Bonchev–Trinajstić information content (AvgIpc) is 4.14. The monoisotopic (exact) mass is 1000 g/mol. The predicted molar refractivity (Wildman–Crippen MR) is 273 cm³/mol. The van der Waals surface area contributed by atoms with Crippen molar-refractivity contribution in [1.82, 2.24) is 57.5 Å². The van der Waals surface area contributed by atoms with Crippen molar-refractivity contribution in [3.63, 3.8) is 0 Å². The summed E-state index contributed by atoms with van der Waals surface area (Å²) in [6, 6.07) is -0.843. The molecule has 2 aromatic heterocycles. The zero-order valence-electron chi connectivity index (χ0n) is 42.7. The normalized spacial score (nSPS) is 16.5. The minimum atomic E-state index is -1.21. The first-order valence-corrected chi connectivity index (χ1v) is 25.4. The van der Waals surface area contributed by atoms with Gasteiger partial charge in [0.1, 0.15) is 42.3 Å². The van der Waals surface area contributed by atoms with Gasteiger partial charge < -0.3 is 69.7 Å². The maximum atomic E-state index is 14.3. The molecular formula is C50H80N14O8. The molecule has 398 valence electrons. The lowest BCUT2D eigenvalue weighted by atomic mass is 9.99. The van der Waals surface area contributed by atoms with Crippen LogP contribution in [0.5, 0.6) is 0 Å². The topological polar surface area (TPSA) is 355 Å². The second kappa shape index (κ2) is 29.2. The molecule has 22 heteroatoms. The summed E-state index contributed by atoms with van der Waals surface area (Å²) >= 11 is 0. The first kappa shape index (κ1) is 58.2. The molecule has 3 heterocycles. The minimum absolute atomic E-state index is 0.0193. The number of primary amides is 1. The highest BCUT2D eigenvalue weighted by Crippen LogP contribution is 2.20. The van der Waals surface area contributed by atoms with Gasteiger partial charge in [-0.1, -0.05) is 59.7 Å². The third-order valence-electron chi connectivity index (χ3n) is 12.4. The van der Waals surface area contributed by atoms with Crippen LogP contribution in [0.2, 0.25) is 0 Å². The van der Waals surface area contributed by atoms with Crippen molar-refractivity contribution in [2.45, 2.75) is 161 Å². The fourth-order valence-corrected chi connectivity index (χ4v) is 8.67. The molecule has 0 aliphatic carbocycles. The molecule has 1 fully saturated rings. The van der Waals surface area contributed by atoms with Gasteiger partial charge in [0.15, 0.2) is 0 Å². The summed E-state index contributed by atoms with van der Waals surface area (Å²) in [6.45, 7) is 12.3. The Morgan fingerprint density at radius 1 is 0.611 bits per heavy atom. The van der Waals surface area contributed by atoms with Crippen molar-refractivity contribution in [3.05, 3.63) is 54.2 Å². The third-order valence-corrected chi connectivity index (χ3v) is 12.4. The Morgan fingerprint density at radius 3 is 1.57 bits per heavy atom. The molecule has 1 saturated heterocycles. The number of aromatic nitrogens is 3. The molecule has 1 aromatic carbocycles. The van der Waals surface area contributed by atoms with Gasteiger partial charge in [-0.3, -0.25) is 38.4 Å². The summed E-state index contributed by atoms with van der Waals surface area (Å²) in [5.41, 5.74) is 19.5. The standard InChI is InChI=1S/C50H80N14O8/c1-28(2)20-38(43(53)65)60-50(72)42(24-32-26-54-27-57-32)64-48(70)40(22-30(5)6)62-45(67)36(14-9-17-51)58-47(69)39(21-29(3)4)61-46(68)37(15-10-18-52)59-49(71)41(63-44(66)35-16-11-19-55-35)23-31-25-56-34-13-8-7-12-33(31)34/h7-8,12-13,25-30,35-42,55-56H,9-11,14-24,51-52H2,1-6H3,(H2,53,65)(H,54,57)(H,58,69)(H,59,71)(H,60,72)(H,61,68)(H,62,67)(H,63,66)(H,64,70)/t35-,36-,37-,38-,39-,40-,41-,42-/m0/s1. The molecule has 1 aliphatic rings. The number of fused-ring (bicyclic) bond motifs is 1. The molecule has 0 unspecified atom stereocenters. The molecular weight excluding hydrogens is 925 g/mol. The van der Waals surface area contributed by atoms with Crippen LogP contribution in [0.3, 0.4) is 0 Å². The highest BCUT2D eigenvalue weighted by Gasteiger charge is 2.35. The van der Waals surface area contributed by atoms with Crippen molar-refractivity contribution >= 4 is 58.2 Å². The maximum absolute atomic E-state index is 14.3. The Morgan fingerprint density at radius 2 is 1.08 bits per heavy atom. The third kappa shape index (κ3) is 18.7. The van der Waals surface area contributed by atoms with Gasteiger partial charge >= 0.3 is 0 Å². The summed E-state index contributed by atoms with van der Waals surface area (Å²) in [6.07, 6.45) is 7.67. The van der Waals surface area contributed by atoms with Gasteiger partial charge in [0.2, 0.25) is 47.3 Å². The summed E-state index contributed by atoms with van der Waals surface area (Å²) in [4.78, 5) is 121. The van der Waals surface area contributed by atoms with Gasteiger partial charge in [0.25, 0.3) is 0 Å². The van der Waals surface area contributed by atoms with Crippen LogP contribution in [0.1, 0.15) is 111 Å². The highest BCUT2D eigenvalue weighted by molar-refractivity contribution is 5.98. The van der Waals surface area contributed by atoms with Crippen LogP contribution in [0.15, 0.2) is 43.0 Å². The second-order valence-corrected chi connectivity index (χ2v) is 20.1. The van der Waals surface area contributed by atoms with Gasteiger partial charge in [-0.15, -0.1) is 0 Å². The quantitative estimate of drug-likeness (QED) is 0.0403.